The van der Waals surface area contributed by atoms with Gasteiger partial charge in [-0.25, -0.2) is 4.79 Å². The molecule has 0 unspecified atom stereocenters. The van der Waals surface area contributed by atoms with E-state index < -0.39 is 0 Å². The van der Waals surface area contributed by atoms with Crippen LogP contribution >= 0.6 is 11.8 Å². The number of hydrogen-bond acceptors (Lipinski definition) is 3. The zero-order valence-corrected chi connectivity index (χ0v) is 12.6. The van der Waals surface area contributed by atoms with E-state index in [4.69, 9.17) is 0 Å². The van der Waals surface area contributed by atoms with Gasteiger partial charge in [-0.05, 0) is 31.9 Å². The highest BCUT2D eigenvalue weighted by atomic mass is 32.2. The number of nitrogens with one attached hydrogen (secondary N) is 1. The standard InChI is InChI=1S/C13H25N3OS/c1-15(2)12(17)16-8-4-11(5-9-16)14-10-13(18-3)6-7-13/h11,14H,4-10H2,1-3H3. The Bertz CT molecular complexity index is 297. The maximum Gasteiger partial charge on any atom is 0.319 e. The van der Waals surface area contributed by atoms with Crippen LogP contribution in [0.15, 0.2) is 0 Å². The maximum absolute atomic E-state index is 11.8. The molecule has 1 N–H and O–H groups in total. The second kappa shape index (κ2) is 5.70. The van der Waals surface area contributed by atoms with Gasteiger partial charge in [0.15, 0.2) is 0 Å². The van der Waals surface area contributed by atoms with E-state index >= 15 is 0 Å². The van der Waals surface area contributed by atoms with E-state index in [2.05, 4.69) is 11.6 Å². The Balaban J connectivity index is 1.69. The fourth-order valence-corrected chi connectivity index (χ4v) is 3.22. The number of hydrogen-bond donors (Lipinski definition) is 1. The Labute approximate surface area is 114 Å². The van der Waals surface area contributed by atoms with Gasteiger partial charge in [-0.3, -0.25) is 0 Å². The Morgan fingerprint density at radius 2 is 2.00 bits per heavy atom. The second-order valence-electron chi connectivity index (χ2n) is 5.71. The summed E-state index contributed by atoms with van der Waals surface area (Å²) < 4.78 is 0.538. The number of carbonyl (C=O) groups excluding carboxylic acids is 1. The molecular formula is C13H25N3OS. The topological polar surface area (TPSA) is 35.6 Å². The van der Waals surface area contributed by atoms with E-state index in [0.29, 0.717) is 10.8 Å². The van der Waals surface area contributed by atoms with E-state index in [0.717, 1.165) is 32.5 Å². The maximum atomic E-state index is 11.8. The smallest absolute Gasteiger partial charge is 0.319 e. The predicted molar refractivity (Wildman–Crippen MR) is 77.2 cm³/mol. The number of urea groups is 1. The van der Waals surface area contributed by atoms with Crippen LogP contribution < -0.4 is 5.32 Å². The molecule has 1 aliphatic heterocycles. The van der Waals surface area contributed by atoms with Crippen LogP contribution in [0.5, 0.6) is 0 Å². The molecule has 0 aromatic heterocycles. The molecule has 18 heavy (non-hydrogen) atoms. The lowest BCUT2D eigenvalue weighted by molar-refractivity contribution is 0.152. The minimum absolute atomic E-state index is 0.149. The highest BCUT2D eigenvalue weighted by Crippen LogP contribution is 2.46. The Hall–Kier alpha value is -0.420. The lowest BCUT2D eigenvalue weighted by atomic mass is 10.1. The summed E-state index contributed by atoms with van der Waals surface area (Å²) in [7, 11) is 3.64. The molecule has 0 aromatic carbocycles. The summed E-state index contributed by atoms with van der Waals surface area (Å²) in [6.45, 7) is 2.92. The van der Waals surface area contributed by atoms with Crippen LogP contribution in [-0.2, 0) is 0 Å². The third kappa shape index (κ3) is 3.32. The lowest BCUT2D eigenvalue weighted by Gasteiger charge is -2.34. The first-order chi connectivity index (χ1) is 8.56. The van der Waals surface area contributed by atoms with E-state index in [1.807, 2.05) is 30.8 Å². The van der Waals surface area contributed by atoms with Gasteiger partial charge in [-0.15, -0.1) is 0 Å². The van der Waals surface area contributed by atoms with Crippen molar-refractivity contribution in [1.29, 1.82) is 0 Å². The normalized spacial score (nSPS) is 22.9. The van der Waals surface area contributed by atoms with Gasteiger partial charge < -0.3 is 15.1 Å². The number of likely N-dealkylation sites (tertiary alicyclic amines) is 1. The number of nitrogens with zero attached hydrogens (tertiary/aromatic N) is 2. The van der Waals surface area contributed by atoms with Crippen LogP contribution in [-0.4, -0.2) is 66.6 Å². The van der Waals surface area contributed by atoms with Gasteiger partial charge in [0.1, 0.15) is 0 Å². The molecule has 0 atom stereocenters. The van der Waals surface area contributed by atoms with Crippen molar-refractivity contribution in [3.8, 4) is 0 Å². The number of thioether (sulfide) groups is 1. The van der Waals surface area contributed by atoms with Gasteiger partial charge in [0.2, 0.25) is 0 Å². The minimum Gasteiger partial charge on any atom is -0.331 e. The highest BCUT2D eigenvalue weighted by molar-refractivity contribution is 8.00. The molecule has 1 aliphatic carbocycles. The van der Waals surface area contributed by atoms with Gasteiger partial charge in [0.05, 0.1) is 0 Å². The van der Waals surface area contributed by atoms with Crippen molar-refractivity contribution in [3.63, 3.8) is 0 Å². The van der Waals surface area contributed by atoms with Gasteiger partial charge in [0, 0.05) is 44.5 Å². The molecule has 1 heterocycles. The third-order valence-electron chi connectivity index (χ3n) is 4.10. The summed E-state index contributed by atoms with van der Waals surface area (Å²) in [5.41, 5.74) is 0. The Kier molecular flexibility index (Phi) is 4.43. The van der Waals surface area contributed by atoms with Crippen LogP contribution in [0.3, 0.4) is 0 Å². The van der Waals surface area contributed by atoms with Crippen molar-refractivity contribution in [2.45, 2.75) is 36.5 Å². The van der Waals surface area contributed by atoms with Crippen molar-refractivity contribution < 1.29 is 4.79 Å². The van der Waals surface area contributed by atoms with Crippen molar-refractivity contribution in [2.24, 2.45) is 0 Å². The first-order valence-corrected chi connectivity index (χ1v) is 8.03. The quantitative estimate of drug-likeness (QED) is 0.844. The molecule has 2 amide bonds. The second-order valence-corrected chi connectivity index (χ2v) is 6.98. The summed E-state index contributed by atoms with van der Waals surface area (Å²) in [5, 5.41) is 3.69. The van der Waals surface area contributed by atoms with Crippen LogP contribution in [0.1, 0.15) is 25.7 Å². The van der Waals surface area contributed by atoms with Crippen molar-refractivity contribution in [1.82, 2.24) is 15.1 Å². The Morgan fingerprint density at radius 3 is 2.44 bits per heavy atom. The van der Waals surface area contributed by atoms with Crippen LogP contribution in [0.2, 0.25) is 0 Å². The zero-order valence-electron chi connectivity index (χ0n) is 11.7. The Morgan fingerprint density at radius 1 is 1.39 bits per heavy atom. The number of amides is 2. The van der Waals surface area contributed by atoms with Crippen molar-refractivity contribution in [3.05, 3.63) is 0 Å². The molecule has 1 saturated heterocycles. The highest BCUT2D eigenvalue weighted by Gasteiger charge is 2.41. The number of rotatable bonds is 4. The molecule has 104 valence electrons. The fourth-order valence-electron chi connectivity index (χ4n) is 2.48. The van der Waals surface area contributed by atoms with Crippen LogP contribution in [0, 0.1) is 0 Å². The van der Waals surface area contributed by atoms with E-state index in [1.165, 1.54) is 12.8 Å². The number of piperidine rings is 1. The average Bonchev–Trinajstić information content (AvgIpc) is 3.17. The molecule has 0 radical (unpaired) electrons. The summed E-state index contributed by atoms with van der Waals surface area (Å²) in [6, 6.07) is 0.747. The van der Waals surface area contributed by atoms with E-state index in [9.17, 15) is 4.79 Å². The molecule has 5 heteroatoms. The molecule has 0 aromatic rings. The molecular weight excluding hydrogens is 246 g/mol. The summed E-state index contributed by atoms with van der Waals surface area (Å²) in [4.78, 5) is 15.4. The molecule has 2 fully saturated rings. The zero-order chi connectivity index (χ0) is 13.2. The van der Waals surface area contributed by atoms with Crippen molar-refractivity contribution in [2.75, 3.05) is 40.0 Å². The van der Waals surface area contributed by atoms with Crippen LogP contribution in [0.4, 0.5) is 4.79 Å². The van der Waals surface area contributed by atoms with E-state index in [1.54, 1.807) is 4.90 Å². The summed E-state index contributed by atoms with van der Waals surface area (Å²) in [6.07, 6.45) is 7.11. The van der Waals surface area contributed by atoms with Crippen molar-refractivity contribution >= 4 is 17.8 Å². The average molecular weight is 271 g/mol. The monoisotopic (exact) mass is 271 g/mol. The molecule has 4 nitrogen and oxygen atoms in total. The molecule has 0 spiro atoms. The molecule has 0 bridgehead atoms. The fraction of sp³-hybridized carbons (Fsp3) is 0.923. The lowest BCUT2D eigenvalue weighted by Crippen LogP contribution is -2.49. The third-order valence-corrected chi connectivity index (χ3v) is 5.52. The first-order valence-electron chi connectivity index (χ1n) is 6.81. The van der Waals surface area contributed by atoms with Crippen LogP contribution in [0.25, 0.3) is 0 Å². The largest absolute Gasteiger partial charge is 0.331 e. The first kappa shape index (κ1) is 14.0. The predicted octanol–water partition coefficient (Wildman–Crippen LogP) is 1.62. The minimum atomic E-state index is 0.149. The molecule has 2 rings (SSSR count). The van der Waals surface area contributed by atoms with Gasteiger partial charge in [-0.2, -0.15) is 11.8 Å². The molecule has 1 saturated carbocycles. The van der Waals surface area contributed by atoms with E-state index in [-0.39, 0.29) is 6.03 Å². The van der Waals surface area contributed by atoms with Gasteiger partial charge in [0.25, 0.3) is 0 Å². The SMILES string of the molecule is CSC1(CNC2CCN(C(=O)N(C)C)CC2)CC1. The van der Waals surface area contributed by atoms with Gasteiger partial charge in [-0.1, -0.05) is 0 Å². The summed E-state index contributed by atoms with van der Waals surface area (Å²) in [5.74, 6) is 0. The molecule has 2 aliphatic rings. The number of carbonyl (C=O) groups is 1. The summed E-state index contributed by atoms with van der Waals surface area (Å²) >= 11 is 2.00. The van der Waals surface area contributed by atoms with Gasteiger partial charge >= 0.3 is 6.03 Å².